The van der Waals surface area contributed by atoms with Gasteiger partial charge >= 0.3 is 5.97 Å². The molecule has 17 heavy (non-hydrogen) atoms. The van der Waals surface area contributed by atoms with E-state index >= 15 is 0 Å². The highest BCUT2D eigenvalue weighted by molar-refractivity contribution is 5.75. The summed E-state index contributed by atoms with van der Waals surface area (Å²) < 4.78 is 5.55. The van der Waals surface area contributed by atoms with Gasteiger partial charge in [-0.1, -0.05) is 24.3 Å². The second-order valence-electron chi connectivity index (χ2n) is 5.62. The summed E-state index contributed by atoms with van der Waals surface area (Å²) in [4.78, 5) is 11.9. The molecule has 1 aromatic carbocycles. The maximum Gasteiger partial charge on any atom is 0.311 e. The minimum Gasteiger partial charge on any atom is -0.457 e. The van der Waals surface area contributed by atoms with Gasteiger partial charge in [0.05, 0.1) is 5.41 Å². The first-order valence-electron chi connectivity index (χ1n) is 5.95. The van der Waals surface area contributed by atoms with Crippen LogP contribution in [-0.4, -0.2) is 5.97 Å². The molecule has 1 aliphatic rings. The molecule has 0 spiro atoms. The Labute approximate surface area is 102 Å². The maximum absolute atomic E-state index is 11.9. The number of ether oxygens (including phenoxy) is 1. The molecule has 3 nitrogen and oxygen atoms in total. The molecule has 0 fully saturated rings. The van der Waals surface area contributed by atoms with E-state index in [-0.39, 0.29) is 18.1 Å². The fraction of sp³-hybridized carbons (Fsp3) is 0.500. The molecule has 2 rings (SSSR count). The lowest BCUT2D eigenvalue weighted by Gasteiger charge is -2.21. The number of nitrogens with two attached hydrogens (primary N) is 1. The fourth-order valence-electron chi connectivity index (χ4n) is 2.04. The van der Waals surface area contributed by atoms with Crippen LogP contribution in [0.2, 0.25) is 0 Å². The van der Waals surface area contributed by atoms with Crippen molar-refractivity contribution < 1.29 is 9.53 Å². The molecule has 0 aliphatic heterocycles. The Balaban J connectivity index is 2.18. The van der Waals surface area contributed by atoms with Crippen LogP contribution >= 0.6 is 0 Å². The van der Waals surface area contributed by atoms with Crippen LogP contribution in [0.1, 0.15) is 50.5 Å². The van der Waals surface area contributed by atoms with Gasteiger partial charge in [0.25, 0.3) is 0 Å². The predicted octanol–water partition coefficient (Wildman–Crippen LogP) is 2.72. The molecule has 0 saturated heterocycles. The lowest BCUT2D eigenvalue weighted by Crippen LogP contribution is -2.24. The molecule has 1 aliphatic carbocycles. The van der Waals surface area contributed by atoms with E-state index in [2.05, 4.69) is 0 Å². The van der Waals surface area contributed by atoms with Crippen LogP contribution in [0.4, 0.5) is 0 Å². The highest BCUT2D eigenvalue weighted by atomic mass is 16.5. The van der Waals surface area contributed by atoms with E-state index in [1.807, 2.05) is 45.0 Å². The zero-order chi connectivity index (χ0) is 12.6. The zero-order valence-electron chi connectivity index (χ0n) is 10.6. The Morgan fingerprint density at radius 3 is 2.47 bits per heavy atom. The van der Waals surface area contributed by atoms with Crippen molar-refractivity contribution in [2.24, 2.45) is 11.1 Å². The number of fused-ring (bicyclic) bond motifs is 1. The second-order valence-corrected chi connectivity index (χ2v) is 5.62. The van der Waals surface area contributed by atoms with E-state index in [9.17, 15) is 4.79 Å². The topological polar surface area (TPSA) is 52.3 Å². The van der Waals surface area contributed by atoms with Gasteiger partial charge in [-0.25, -0.2) is 0 Å². The Kier molecular flexibility index (Phi) is 2.96. The van der Waals surface area contributed by atoms with Gasteiger partial charge in [-0.3, -0.25) is 4.79 Å². The van der Waals surface area contributed by atoms with Gasteiger partial charge in [0.1, 0.15) is 6.10 Å². The summed E-state index contributed by atoms with van der Waals surface area (Å²) in [7, 11) is 0. The largest absolute Gasteiger partial charge is 0.457 e. The highest BCUT2D eigenvalue weighted by Gasteiger charge is 2.33. The Bertz CT molecular complexity index is 434. The molecule has 1 aromatic rings. The standard InChI is InChI=1S/C14H19NO2/c1-14(2,3)13(16)17-12-8-11(15)9-6-4-5-7-10(9)12/h4-7,11-12H,8,15H2,1-3H3. The van der Waals surface area contributed by atoms with Gasteiger partial charge in [0.15, 0.2) is 0 Å². The molecule has 2 N–H and O–H groups in total. The van der Waals surface area contributed by atoms with Crippen LogP contribution in [0.3, 0.4) is 0 Å². The summed E-state index contributed by atoms with van der Waals surface area (Å²) in [6, 6.07) is 7.89. The van der Waals surface area contributed by atoms with Crippen molar-refractivity contribution in [3.8, 4) is 0 Å². The third-order valence-corrected chi connectivity index (χ3v) is 3.07. The monoisotopic (exact) mass is 233 g/mol. The van der Waals surface area contributed by atoms with E-state index in [4.69, 9.17) is 10.5 Å². The average molecular weight is 233 g/mol. The normalized spacial score (nSPS) is 23.3. The molecule has 2 unspecified atom stereocenters. The molecule has 2 atom stereocenters. The third kappa shape index (κ3) is 2.34. The quantitative estimate of drug-likeness (QED) is 0.759. The number of carbonyl (C=O) groups excluding carboxylic acids is 1. The van der Waals surface area contributed by atoms with Crippen molar-refractivity contribution in [3.05, 3.63) is 35.4 Å². The van der Waals surface area contributed by atoms with Crippen LogP contribution < -0.4 is 5.73 Å². The summed E-state index contributed by atoms with van der Waals surface area (Å²) in [5.74, 6) is -0.175. The van der Waals surface area contributed by atoms with E-state index < -0.39 is 5.41 Å². The molecular formula is C14H19NO2. The minimum atomic E-state index is -0.471. The number of esters is 1. The summed E-state index contributed by atoms with van der Waals surface area (Å²) in [5, 5.41) is 0. The van der Waals surface area contributed by atoms with Crippen LogP contribution in [0.5, 0.6) is 0 Å². The van der Waals surface area contributed by atoms with E-state index in [0.717, 1.165) is 11.1 Å². The predicted molar refractivity (Wildman–Crippen MR) is 66.3 cm³/mol. The van der Waals surface area contributed by atoms with Crippen LogP contribution in [-0.2, 0) is 9.53 Å². The van der Waals surface area contributed by atoms with E-state index in [0.29, 0.717) is 6.42 Å². The number of hydrogen-bond acceptors (Lipinski definition) is 3. The van der Waals surface area contributed by atoms with Crippen LogP contribution in [0.25, 0.3) is 0 Å². The molecular weight excluding hydrogens is 214 g/mol. The van der Waals surface area contributed by atoms with Crippen molar-refractivity contribution >= 4 is 5.97 Å². The molecule has 0 amide bonds. The van der Waals surface area contributed by atoms with E-state index in [1.165, 1.54) is 0 Å². The summed E-state index contributed by atoms with van der Waals surface area (Å²) in [5.41, 5.74) is 7.71. The van der Waals surface area contributed by atoms with Crippen molar-refractivity contribution in [2.75, 3.05) is 0 Å². The first-order valence-corrected chi connectivity index (χ1v) is 5.95. The van der Waals surface area contributed by atoms with Crippen LogP contribution in [0, 0.1) is 5.41 Å². The fourth-order valence-corrected chi connectivity index (χ4v) is 2.04. The molecule has 0 heterocycles. The minimum absolute atomic E-state index is 0.0241. The molecule has 0 saturated carbocycles. The van der Waals surface area contributed by atoms with Gasteiger partial charge in [-0.05, 0) is 31.9 Å². The highest BCUT2D eigenvalue weighted by Crippen LogP contribution is 2.40. The Morgan fingerprint density at radius 1 is 1.29 bits per heavy atom. The van der Waals surface area contributed by atoms with E-state index in [1.54, 1.807) is 0 Å². The lowest BCUT2D eigenvalue weighted by molar-refractivity contribution is -0.159. The van der Waals surface area contributed by atoms with Crippen molar-refractivity contribution in [3.63, 3.8) is 0 Å². The Morgan fingerprint density at radius 2 is 1.88 bits per heavy atom. The lowest BCUT2D eigenvalue weighted by atomic mass is 9.97. The molecule has 0 aromatic heterocycles. The summed E-state index contributed by atoms with van der Waals surface area (Å²) in [6.07, 6.45) is 0.495. The zero-order valence-corrected chi connectivity index (χ0v) is 10.6. The van der Waals surface area contributed by atoms with Crippen LogP contribution in [0.15, 0.2) is 24.3 Å². The number of carbonyl (C=O) groups is 1. The van der Waals surface area contributed by atoms with Crippen molar-refractivity contribution in [1.29, 1.82) is 0 Å². The van der Waals surface area contributed by atoms with Crippen molar-refractivity contribution in [2.45, 2.75) is 39.3 Å². The van der Waals surface area contributed by atoms with Crippen molar-refractivity contribution in [1.82, 2.24) is 0 Å². The molecule has 0 radical (unpaired) electrons. The maximum atomic E-state index is 11.9. The number of hydrogen-bond donors (Lipinski definition) is 1. The molecule has 92 valence electrons. The number of benzene rings is 1. The first kappa shape index (κ1) is 12.1. The summed E-state index contributed by atoms with van der Waals surface area (Å²) >= 11 is 0. The van der Waals surface area contributed by atoms with Gasteiger partial charge in [0.2, 0.25) is 0 Å². The number of rotatable bonds is 1. The van der Waals surface area contributed by atoms with Gasteiger partial charge in [-0.15, -0.1) is 0 Å². The smallest absolute Gasteiger partial charge is 0.311 e. The SMILES string of the molecule is CC(C)(C)C(=O)OC1CC(N)c2ccccc21. The van der Waals surface area contributed by atoms with Gasteiger partial charge in [0, 0.05) is 12.5 Å². The Hall–Kier alpha value is -1.35. The molecule has 3 heteroatoms. The second kappa shape index (κ2) is 4.15. The van der Waals surface area contributed by atoms with Gasteiger partial charge < -0.3 is 10.5 Å². The molecule has 0 bridgehead atoms. The third-order valence-electron chi connectivity index (χ3n) is 3.07. The van der Waals surface area contributed by atoms with Gasteiger partial charge in [-0.2, -0.15) is 0 Å². The first-order chi connectivity index (χ1) is 7.89. The summed E-state index contributed by atoms with van der Waals surface area (Å²) in [6.45, 7) is 5.57. The average Bonchev–Trinajstić information content (AvgIpc) is 2.56.